The Morgan fingerprint density at radius 3 is 1.75 bits per heavy atom. The van der Waals surface area contributed by atoms with Crippen molar-refractivity contribution in [2.45, 2.75) is 80.1 Å². The Kier molecular flexibility index (Phi) is 9.07. The van der Waals surface area contributed by atoms with Crippen LogP contribution in [0.1, 0.15) is 80.1 Å². The van der Waals surface area contributed by atoms with Gasteiger partial charge in [-0.05, 0) is 30.1 Å². The molecule has 3 atom stereocenters. The zero-order valence-electron chi connectivity index (χ0n) is 12.6. The van der Waals surface area contributed by atoms with E-state index in [1.807, 2.05) is 0 Å². The van der Waals surface area contributed by atoms with Crippen molar-refractivity contribution in [1.29, 1.82) is 0 Å². The molecule has 0 radical (unpaired) electrons. The van der Waals surface area contributed by atoms with Crippen LogP contribution in [0.25, 0.3) is 0 Å². The largest absolute Gasteiger partial charge is 0.0654 e. The van der Waals surface area contributed by atoms with E-state index in [1.54, 1.807) is 0 Å². The first kappa shape index (κ1) is 16.0. The second-order valence-corrected chi connectivity index (χ2v) is 5.71. The molecule has 0 aliphatic carbocycles. The number of hydrogen-bond acceptors (Lipinski definition) is 0. The van der Waals surface area contributed by atoms with E-state index in [2.05, 4.69) is 41.5 Å². The quantitative estimate of drug-likeness (QED) is 0.458. The Balaban J connectivity index is 4.24. The van der Waals surface area contributed by atoms with E-state index < -0.39 is 0 Å². The minimum atomic E-state index is 0.907. The van der Waals surface area contributed by atoms with Gasteiger partial charge in [-0.15, -0.1) is 0 Å². The van der Waals surface area contributed by atoms with Crippen LogP contribution < -0.4 is 0 Å². The summed E-state index contributed by atoms with van der Waals surface area (Å²) in [6, 6.07) is 0. The fourth-order valence-corrected chi connectivity index (χ4v) is 2.99. The highest BCUT2D eigenvalue weighted by atomic mass is 14.3. The van der Waals surface area contributed by atoms with Crippen LogP contribution >= 0.6 is 0 Å². The van der Waals surface area contributed by atoms with Crippen molar-refractivity contribution in [3.63, 3.8) is 0 Å². The maximum atomic E-state index is 2.48. The SMILES string of the molecule is CCCC(C)C(C)C(CC)CC(CC)CC. The summed E-state index contributed by atoms with van der Waals surface area (Å²) in [5, 5.41) is 0. The molecule has 0 amide bonds. The van der Waals surface area contributed by atoms with Crippen LogP contribution in [0.2, 0.25) is 0 Å². The molecule has 0 N–H and O–H groups in total. The van der Waals surface area contributed by atoms with E-state index in [4.69, 9.17) is 0 Å². The Hall–Kier alpha value is 0. The summed E-state index contributed by atoms with van der Waals surface area (Å²) in [5.74, 6) is 3.72. The number of rotatable bonds is 9. The third kappa shape index (κ3) is 5.37. The third-order valence-corrected chi connectivity index (χ3v) is 4.70. The predicted molar refractivity (Wildman–Crippen MR) is 75.7 cm³/mol. The minimum absolute atomic E-state index is 0.907. The van der Waals surface area contributed by atoms with Crippen molar-refractivity contribution >= 4 is 0 Å². The molecule has 0 aliphatic heterocycles. The van der Waals surface area contributed by atoms with Crippen molar-refractivity contribution in [2.75, 3.05) is 0 Å². The molecule has 0 spiro atoms. The summed E-state index contributed by atoms with van der Waals surface area (Å²) in [6.45, 7) is 14.3. The molecule has 0 nitrogen and oxygen atoms in total. The first-order valence-electron chi connectivity index (χ1n) is 7.60. The van der Waals surface area contributed by atoms with Crippen molar-refractivity contribution in [1.82, 2.24) is 0 Å². The van der Waals surface area contributed by atoms with Crippen LogP contribution in [0.15, 0.2) is 0 Å². The van der Waals surface area contributed by atoms with Gasteiger partial charge in [0.2, 0.25) is 0 Å². The maximum absolute atomic E-state index is 2.48. The van der Waals surface area contributed by atoms with Crippen molar-refractivity contribution in [3.8, 4) is 0 Å². The summed E-state index contributed by atoms with van der Waals surface area (Å²) < 4.78 is 0. The normalized spacial score (nSPS) is 17.4. The summed E-state index contributed by atoms with van der Waals surface area (Å²) in [4.78, 5) is 0. The zero-order valence-corrected chi connectivity index (χ0v) is 12.6. The fourth-order valence-electron chi connectivity index (χ4n) is 2.99. The average Bonchev–Trinajstić information content (AvgIpc) is 2.30. The van der Waals surface area contributed by atoms with Crippen molar-refractivity contribution in [3.05, 3.63) is 0 Å². The average molecular weight is 226 g/mol. The Morgan fingerprint density at radius 1 is 0.812 bits per heavy atom. The molecule has 0 saturated heterocycles. The second kappa shape index (κ2) is 9.07. The molecule has 98 valence electrons. The van der Waals surface area contributed by atoms with E-state index >= 15 is 0 Å². The highest BCUT2D eigenvalue weighted by molar-refractivity contribution is 4.73. The summed E-state index contributed by atoms with van der Waals surface area (Å²) in [5.41, 5.74) is 0. The topological polar surface area (TPSA) is 0 Å². The standard InChI is InChI=1S/C16H34/c1-7-11-13(5)14(6)16(10-4)12-15(8-2)9-3/h13-16H,7-12H2,1-6H3. The molecule has 16 heavy (non-hydrogen) atoms. The molecule has 0 aliphatic rings. The number of hydrogen-bond donors (Lipinski definition) is 0. The van der Waals surface area contributed by atoms with Crippen LogP contribution in [0, 0.1) is 23.7 Å². The van der Waals surface area contributed by atoms with Gasteiger partial charge in [-0.2, -0.15) is 0 Å². The lowest BCUT2D eigenvalue weighted by Crippen LogP contribution is -2.21. The van der Waals surface area contributed by atoms with Gasteiger partial charge in [0.1, 0.15) is 0 Å². The molecule has 3 unspecified atom stereocenters. The van der Waals surface area contributed by atoms with Crippen LogP contribution in [0.4, 0.5) is 0 Å². The molecule has 0 aromatic heterocycles. The predicted octanol–water partition coefficient (Wildman–Crippen LogP) is 5.91. The molecule has 0 aromatic carbocycles. The molecular weight excluding hydrogens is 192 g/mol. The highest BCUT2D eigenvalue weighted by Gasteiger charge is 2.22. The molecule has 0 heterocycles. The van der Waals surface area contributed by atoms with Gasteiger partial charge in [-0.25, -0.2) is 0 Å². The van der Waals surface area contributed by atoms with Crippen LogP contribution in [0.3, 0.4) is 0 Å². The van der Waals surface area contributed by atoms with Gasteiger partial charge in [-0.3, -0.25) is 0 Å². The first-order chi connectivity index (χ1) is 7.60. The molecule has 0 saturated carbocycles. The van der Waals surface area contributed by atoms with Gasteiger partial charge in [0.25, 0.3) is 0 Å². The monoisotopic (exact) mass is 226 g/mol. The molecule has 0 fully saturated rings. The minimum Gasteiger partial charge on any atom is -0.0654 e. The summed E-state index contributed by atoms with van der Waals surface area (Å²) >= 11 is 0. The fraction of sp³-hybridized carbons (Fsp3) is 1.00. The first-order valence-corrected chi connectivity index (χ1v) is 7.60. The van der Waals surface area contributed by atoms with E-state index in [-0.39, 0.29) is 0 Å². The molecule has 0 aromatic rings. The lowest BCUT2D eigenvalue weighted by atomic mass is 9.75. The Morgan fingerprint density at radius 2 is 1.38 bits per heavy atom. The van der Waals surface area contributed by atoms with Gasteiger partial charge in [0, 0.05) is 0 Å². The van der Waals surface area contributed by atoms with Crippen LogP contribution in [-0.4, -0.2) is 0 Å². The van der Waals surface area contributed by atoms with Gasteiger partial charge in [0.15, 0.2) is 0 Å². The van der Waals surface area contributed by atoms with Gasteiger partial charge in [-0.1, -0.05) is 73.6 Å². The Bertz CT molecular complexity index is 146. The van der Waals surface area contributed by atoms with E-state index in [0.29, 0.717) is 0 Å². The van der Waals surface area contributed by atoms with E-state index in [0.717, 1.165) is 23.7 Å². The third-order valence-electron chi connectivity index (χ3n) is 4.70. The zero-order chi connectivity index (χ0) is 12.6. The van der Waals surface area contributed by atoms with Crippen LogP contribution in [-0.2, 0) is 0 Å². The van der Waals surface area contributed by atoms with Gasteiger partial charge < -0.3 is 0 Å². The second-order valence-electron chi connectivity index (χ2n) is 5.71. The molecule has 0 bridgehead atoms. The summed E-state index contributed by atoms with van der Waals surface area (Å²) in [6.07, 6.45) is 8.29. The smallest absolute Gasteiger partial charge is 0.0386 e. The maximum Gasteiger partial charge on any atom is -0.0386 e. The van der Waals surface area contributed by atoms with Crippen molar-refractivity contribution < 1.29 is 0 Å². The lowest BCUT2D eigenvalue weighted by molar-refractivity contribution is 0.200. The summed E-state index contributed by atoms with van der Waals surface area (Å²) in [7, 11) is 0. The molecular formula is C16H34. The van der Waals surface area contributed by atoms with E-state index in [9.17, 15) is 0 Å². The molecule has 0 rings (SSSR count). The highest BCUT2D eigenvalue weighted by Crippen LogP contribution is 2.33. The lowest BCUT2D eigenvalue weighted by Gasteiger charge is -2.30. The van der Waals surface area contributed by atoms with Crippen molar-refractivity contribution in [2.24, 2.45) is 23.7 Å². The van der Waals surface area contributed by atoms with Crippen LogP contribution in [0.5, 0.6) is 0 Å². The van der Waals surface area contributed by atoms with Gasteiger partial charge in [0.05, 0.1) is 0 Å². The van der Waals surface area contributed by atoms with Gasteiger partial charge >= 0.3 is 0 Å². The van der Waals surface area contributed by atoms with E-state index in [1.165, 1.54) is 38.5 Å². The molecule has 0 heteroatoms. The Labute approximate surface area is 104 Å².